The molecule has 31 heavy (non-hydrogen) atoms. The van der Waals surface area contributed by atoms with Crippen molar-refractivity contribution in [3.05, 3.63) is 95.3 Å². The van der Waals surface area contributed by atoms with Crippen LogP contribution in [0.2, 0.25) is 0 Å². The summed E-state index contributed by atoms with van der Waals surface area (Å²) >= 11 is 0. The van der Waals surface area contributed by atoms with Crippen LogP contribution < -0.4 is 10.2 Å². The van der Waals surface area contributed by atoms with Crippen LogP contribution in [0.5, 0.6) is 0 Å². The van der Waals surface area contributed by atoms with Gasteiger partial charge in [0.25, 0.3) is 5.91 Å². The Kier molecular flexibility index (Phi) is 5.62. The van der Waals surface area contributed by atoms with Crippen LogP contribution in [0.15, 0.2) is 77.8 Å². The monoisotopic (exact) mass is 415 g/mol. The van der Waals surface area contributed by atoms with E-state index in [1.165, 1.54) is 11.0 Å². The number of para-hydroxylation sites is 1. The first-order valence-electron chi connectivity index (χ1n) is 10.0. The number of carbonyl (C=O) groups is 2. The number of rotatable bonds is 4. The zero-order valence-corrected chi connectivity index (χ0v) is 17.3. The van der Waals surface area contributed by atoms with Gasteiger partial charge in [0, 0.05) is 16.8 Å². The number of hydrogen-bond acceptors (Lipinski definition) is 3. The van der Waals surface area contributed by atoms with E-state index in [0.29, 0.717) is 22.6 Å². The second-order valence-corrected chi connectivity index (χ2v) is 7.47. The number of benzene rings is 3. The zero-order valence-electron chi connectivity index (χ0n) is 17.3. The smallest absolute Gasteiger partial charge is 0.252 e. The number of halogens is 1. The average Bonchev–Trinajstić information content (AvgIpc) is 2.87. The molecule has 0 spiro atoms. The van der Waals surface area contributed by atoms with E-state index < -0.39 is 17.8 Å². The van der Waals surface area contributed by atoms with Gasteiger partial charge in [-0.2, -0.15) is 0 Å². The van der Waals surface area contributed by atoms with Gasteiger partial charge in [-0.3, -0.25) is 14.6 Å². The molecule has 5 nitrogen and oxygen atoms in total. The van der Waals surface area contributed by atoms with E-state index in [2.05, 4.69) is 10.3 Å². The number of aliphatic imine (C=N–C) groups is 1. The summed E-state index contributed by atoms with van der Waals surface area (Å²) in [7, 11) is 0. The van der Waals surface area contributed by atoms with Crippen molar-refractivity contribution in [1.29, 1.82) is 0 Å². The maximum atomic E-state index is 13.8. The lowest BCUT2D eigenvalue weighted by Crippen LogP contribution is -2.42. The second-order valence-electron chi connectivity index (χ2n) is 7.47. The third-order valence-electron chi connectivity index (χ3n) is 5.20. The molecule has 2 amide bonds. The van der Waals surface area contributed by atoms with Gasteiger partial charge in [-0.1, -0.05) is 54.6 Å². The summed E-state index contributed by atoms with van der Waals surface area (Å²) in [5.41, 5.74) is 3.84. The van der Waals surface area contributed by atoms with Crippen LogP contribution in [0.4, 0.5) is 15.8 Å². The Hall–Kier alpha value is -3.80. The highest BCUT2D eigenvalue weighted by atomic mass is 19.1. The lowest BCUT2D eigenvalue weighted by atomic mass is 10.0. The zero-order chi connectivity index (χ0) is 22.0. The Morgan fingerprint density at radius 3 is 2.52 bits per heavy atom. The van der Waals surface area contributed by atoms with Crippen molar-refractivity contribution in [3.8, 4) is 0 Å². The molecule has 1 aliphatic rings. The Labute approximate surface area is 180 Å². The van der Waals surface area contributed by atoms with Crippen LogP contribution in [0.1, 0.15) is 23.6 Å². The van der Waals surface area contributed by atoms with E-state index >= 15 is 0 Å². The quantitative estimate of drug-likeness (QED) is 0.689. The van der Waals surface area contributed by atoms with Gasteiger partial charge in [0.1, 0.15) is 18.4 Å². The Balaban J connectivity index is 1.66. The number of fused-ring (bicyclic) bond motifs is 1. The Morgan fingerprint density at radius 2 is 1.77 bits per heavy atom. The molecule has 6 heteroatoms. The van der Waals surface area contributed by atoms with Crippen LogP contribution in [0.25, 0.3) is 0 Å². The first-order valence-corrected chi connectivity index (χ1v) is 10.0. The number of amides is 2. The summed E-state index contributed by atoms with van der Waals surface area (Å²) in [5.74, 6) is -1.09. The molecule has 3 aromatic rings. The predicted octanol–water partition coefficient (Wildman–Crippen LogP) is 4.35. The summed E-state index contributed by atoms with van der Waals surface area (Å²) in [6, 6.07) is 20.9. The standard InChI is InChI=1S/C25H22FN3O2/c1-16-12-13-19(14-21(16)26)28-23(30)15-29-22-11-7-6-10-20(22)24(27-17(2)25(29)31)18-8-4-3-5-9-18/h3-14,17H,15H2,1-2H3,(H,28,30). The van der Waals surface area contributed by atoms with Crippen molar-refractivity contribution in [2.75, 3.05) is 16.8 Å². The summed E-state index contributed by atoms with van der Waals surface area (Å²) in [4.78, 5) is 32.0. The highest BCUT2D eigenvalue weighted by Crippen LogP contribution is 2.28. The lowest BCUT2D eigenvalue weighted by Gasteiger charge is -2.24. The number of aryl methyl sites for hydroxylation is 1. The molecule has 1 heterocycles. The van der Waals surface area contributed by atoms with Crippen molar-refractivity contribution >= 4 is 28.9 Å². The van der Waals surface area contributed by atoms with Gasteiger partial charge in [0.15, 0.2) is 0 Å². The van der Waals surface area contributed by atoms with E-state index in [1.54, 1.807) is 26.0 Å². The maximum absolute atomic E-state index is 13.8. The van der Waals surface area contributed by atoms with Gasteiger partial charge in [0.2, 0.25) is 5.91 Å². The van der Waals surface area contributed by atoms with Gasteiger partial charge < -0.3 is 10.2 Å². The molecule has 1 N–H and O–H groups in total. The molecule has 3 aromatic carbocycles. The SMILES string of the molecule is Cc1ccc(NC(=O)CN2C(=O)C(C)N=C(c3ccccc3)c3ccccc32)cc1F. The van der Waals surface area contributed by atoms with Gasteiger partial charge in [-0.05, 0) is 37.6 Å². The molecular weight excluding hydrogens is 393 g/mol. The van der Waals surface area contributed by atoms with Crippen molar-refractivity contribution < 1.29 is 14.0 Å². The molecular formula is C25H22FN3O2. The normalized spacial score (nSPS) is 15.7. The maximum Gasteiger partial charge on any atom is 0.252 e. The fourth-order valence-electron chi connectivity index (χ4n) is 3.58. The van der Waals surface area contributed by atoms with Crippen LogP contribution >= 0.6 is 0 Å². The fourth-order valence-corrected chi connectivity index (χ4v) is 3.58. The fraction of sp³-hybridized carbons (Fsp3) is 0.160. The van der Waals surface area contributed by atoms with Gasteiger partial charge >= 0.3 is 0 Å². The molecule has 1 aliphatic heterocycles. The second kappa shape index (κ2) is 8.52. The Morgan fingerprint density at radius 1 is 1.06 bits per heavy atom. The van der Waals surface area contributed by atoms with E-state index in [0.717, 1.165) is 11.1 Å². The number of anilines is 2. The van der Waals surface area contributed by atoms with Gasteiger partial charge in [-0.25, -0.2) is 4.39 Å². The van der Waals surface area contributed by atoms with Crippen molar-refractivity contribution in [1.82, 2.24) is 0 Å². The number of hydrogen-bond donors (Lipinski definition) is 1. The van der Waals surface area contributed by atoms with Crippen molar-refractivity contribution in [2.45, 2.75) is 19.9 Å². The summed E-state index contributed by atoms with van der Waals surface area (Å²) in [6.45, 7) is 3.17. The first-order chi connectivity index (χ1) is 14.9. The van der Waals surface area contributed by atoms with Gasteiger partial charge in [0.05, 0.1) is 11.4 Å². The predicted molar refractivity (Wildman–Crippen MR) is 120 cm³/mol. The van der Waals surface area contributed by atoms with Crippen LogP contribution in [0, 0.1) is 12.7 Å². The van der Waals surface area contributed by atoms with Crippen LogP contribution in [-0.2, 0) is 9.59 Å². The molecule has 0 aliphatic carbocycles. The molecule has 0 radical (unpaired) electrons. The largest absolute Gasteiger partial charge is 0.324 e. The minimum atomic E-state index is -0.660. The molecule has 1 atom stereocenters. The Bertz CT molecular complexity index is 1170. The minimum absolute atomic E-state index is 0.201. The van der Waals surface area contributed by atoms with E-state index in [1.807, 2.05) is 54.6 Å². The number of benzodiazepines with no additional fused rings is 1. The molecule has 0 bridgehead atoms. The molecule has 0 saturated carbocycles. The molecule has 0 saturated heterocycles. The number of carbonyl (C=O) groups excluding carboxylic acids is 2. The molecule has 156 valence electrons. The van der Waals surface area contributed by atoms with Gasteiger partial charge in [-0.15, -0.1) is 0 Å². The number of nitrogens with one attached hydrogen (secondary N) is 1. The van der Waals surface area contributed by atoms with Crippen molar-refractivity contribution in [2.24, 2.45) is 4.99 Å². The number of nitrogens with zero attached hydrogens (tertiary/aromatic N) is 2. The molecule has 0 fully saturated rings. The average molecular weight is 415 g/mol. The molecule has 4 rings (SSSR count). The summed E-state index contributed by atoms with van der Waals surface area (Å²) < 4.78 is 13.8. The summed E-state index contributed by atoms with van der Waals surface area (Å²) in [5, 5.41) is 2.68. The lowest BCUT2D eigenvalue weighted by molar-refractivity contribution is -0.122. The first kappa shape index (κ1) is 20.5. The molecule has 0 aromatic heterocycles. The van der Waals surface area contributed by atoms with E-state index in [9.17, 15) is 14.0 Å². The molecule has 1 unspecified atom stereocenters. The topological polar surface area (TPSA) is 61.8 Å². The third-order valence-corrected chi connectivity index (χ3v) is 5.20. The summed E-state index contributed by atoms with van der Waals surface area (Å²) in [6.07, 6.45) is 0. The van der Waals surface area contributed by atoms with E-state index in [-0.39, 0.29) is 12.5 Å². The highest BCUT2D eigenvalue weighted by molar-refractivity contribution is 6.20. The third kappa shape index (κ3) is 4.23. The van der Waals surface area contributed by atoms with Crippen LogP contribution in [-0.4, -0.2) is 30.1 Å². The van der Waals surface area contributed by atoms with E-state index in [4.69, 9.17) is 0 Å². The van der Waals surface area contributed by atoms with Crippen LogP contribution in [0.3, 0.4) is 0 Å². The van der Waals surface area contributed by atoms with Crippen molar-refractivity contribution in [3.63, 3.8) is 0 Å². The minimum Gasteiger partial charge on any atom is -0.324 e. The highest BCUT2D eigenvalue weighted by Gasteiger charge is 2.30.